The van der Waals surface area contributed by atoms with Crippen LogP contribution < -0.4 is 0 Å². The predicted molar refractivity (Wildman–Crippen MR) is 54.1 cm³/mol. The summed E-state index contributed by atoms with van der Waals surface area (Å²) in [6.45, 7) is 0. The number of nitrogens with zero attached hydrogens (tertiary/aromatic N) is 2. The molecular formula is C10H3BrF2N2. The van der Waals surface area contributed by atoms with Gasteiger partial charge < -0.3 is 0 Å². The summed E-state index contributed by atoms with van der Waals surface area (Å²) < 4.78 is 26.7. The lowest BCUT2D eigenvalue weighted by Gasteiger charge is -2.04. The molecule has 0 bridgehead atoms. The van der Waals surface area contributed by atoms with E-state index in [1.807, 2.05) is 6.07 Å². The second-order valence-corrected chi connectivity index (χ2v) is 3.73. The van der Waals surface area contributed by atoms with Gasteiger partial charge in [0.25, 0.3) is 0 Å². The predicted octanol–water partition coefficient (Wildman–Crippen LogP) is 3.15. The zero-order valence-electron chi connectivity index (χ0n) is 7.26. The molecule has 0 N–H and O–H groups in total. The summed E-state index contributed by atoms with van der Waals surface area (Å²) >= 11 is 3.09. The molecule has 0 radical (unpaired) electrons. The van der Waals surface area contributed by atoms with Crippen LogP contribution in [0.4, 0.5) is 8.78 Å². The smallest absolute Gasteiger partial charge is 0.168 e. The van der Waals surface area contributed by atoms with Crippen molar-refractivity contribution in [1.29, 1.82) is 5.26 Å². The maximum atomic E-state index is 13.3. The van der Waals surface area contributed by atoms with Crippen molar-refractivity contribution in [3.05, 3.63) is 40.1 Å². The molecule has 0 spiro atoms. The number of benzene rings is 1. The van der Waals surface area contributed by atoms with Crippen LogP contribution in [0.15, 0.2) is 22.9 Å². The highest BCUT2D eigenvalue weighted by atomic mass is 79.9. The number of halogens is 3. The van der Waals surface area contributed by atoms with Crippen molar-refractivity contribution in [1.82, 2.24) is 4.98 Å². The molecule has 1 aromatic carbocycles. The molecule has 1 aromatic heterocycles. The highest BCUT2D eigenvalue weighted by molar-refractivity contribution is 9.10. The summed E-state index contributed by atoms with van der Waals surface area (Å²) in [6, 6.07) is 2.87. The molecule has 2 aromatic rings. The Morgan fingerprint density at radius 3 is 2.73 bits per heavy atom. The Hall–Kier alpha value is -1.54. The highest BCUT2D eigenvalue weighted by Crippen LogP contribution is 2.29. The number of pyridine rings is 1. The zero-order valence-corrected chi connectivity index (χ0v) is 8.85. The van der Waals surface area contributed by atoms with Gasteiger partial charge in [0.1, 0.15) is 6.07 Å². The molecule has 0 aliphatic rings. The molecule has 0 unspecified atom stereocenters. The van der Waals surface area contributed by atoms with Crippen LogP contribution in [0.1, 0.15) is 5.56 Å². The van der Waals surface area contributed by atoms with E-state index in [4.69, 9.17) is 5.26 Å². The summed E-state index contributed by atoms with van der Waals surface area (Å²) in [4.78, 5) is 3.68. The summed E-state index contributed by atoms with van der Waals surface area (Å²) in [5.41, 5.74) is 0.207. The standard InChI is InChI=1S/C10H3BrF2N2/c11-7-1-8(12)10(13)6-4-15-3-5(2-14)9(6)7/h1,3-4H. The second-order valence-electron chi connectivity index (χ2n) is 2.88. The Balaban J connectivity index is 3.03. The summed E-state index contributed by atoms with van der Waals surface area (Å²) in [5, 5.41) is 9.13. The lowest BCUT2D eigenvalue weighted by atomic mass is 10.1. The van der Waals surface area contributed by atoms with E-state index in [2.05, 4.69) is 20.9 Å². The fourth-order valence-electron chi connectivity index (χ4n) is 1.34. The van der Waals surface area contributed by atoms with Crippen molar-refractivity contribution in [2.24, 2.45) is 0 Å². The minimum absolute atomic E-state index is 0.000856. The van der Waals surface area contributed by atoms with Crippen LogP contribution in [0.5, 0.6) is 0 Å². The van der Waals surface area contributed by atoms with Crippen molar-refractivity contribution in [2.75, 3.05) is 0 Å². The van der Waals surface area contributed by atoms with Crippen molar-refractivity contribution in [3.8, 4) is 6.07 Å². The van der Waals surface area contributed by atoms with Crippen LogP contribution in [-0.2, 0) is 0 Å². The van der Waals surface area contributed by atoms with E-state index in [0.29, 0.717) is 9.86 Å². The van der Waals surface area contributed by atoms with Crippen molar-refractivity contribution < 1.29 is 8.78 Å². The van der Waals surface area contributed by atoms with Gasteiger partial charge in [0.2, 0.25) is 0 Å². The first-order valence-corrected chi connectivity index (χ1v) is 4.75. The van der Waals surface area contributed by atoms with E-state index < -0.39 is 11.6 Å². The minimum Gasteiger partial charge on any atom is -0.263 e. The zero-order chi connectivity index (χ0) is 11.0. The van der Waals surface area contributed by atoms with E-state index in [9.17, 15) is 8.78 Å². The van der Waals surface area contributed by atoms with Gasteiger partial charge >= 0.3 is 0 Å². The largest absolute Gasteiger partial charge is 0.263 e. The number of fused-ring (bicyclic) bond motifs is 1. The SMILES string of the molecule is N#Cc1cncc2c(F)c(F)cc(Br)c12. The third kappa shape index (κ3) is 1.47. The fourth-order valence-corrected chi connectivity index (χ4v) is 1.97. The lowest BCUT2D eigenvalue weighted by Crippen LogP contribution is -1.91. The van der Waals surface area contributed by atoms with Crippen molar-refractivity contribution in [2.45, 2.75) is 0 Å². The molecule has 0 amide bonds. The van der Waals surface area contributed by atoms with Gasteiger partial charge in [0.15, 0.2) is 11.6 Å². The van der Waals surface area contributed by atoms with Crippen LogP contribution in [0.2, 0.25) is 0 Å². The van der Waals surface area contributed by atoms with Gasteiger partial charge in [0, 0.05) is 27.6 Å². The maximum absolute atomic E-state index is 13.3. The first-order valence-electron chi connectivity index (χ1n) is 3.96. The van der Waals surface area contributed by atoms with Gasteiger partial charge in [-0.05, 0) is 22.0 Å². The number of rotatable bonds is 0. The van der Waals surface area contributed by atoms with Gasteiger partial charge in [-0.1, -0.05) is 0 Å². The van der Waals surface area contributed by atoms with Gasteiger partial charge in [-0.2, -0.15) is 5.26 Å². The Kier molecular flexibility index (Phi) is 2.37. The second kappa shape index (κ2) is 3.55. The molecule has 0 saturated heterocycles. The first kappa shape index (κ1) is 9.99. The van der Waals surface area contributed by atoms with Crippen LogP contribution in [0.25, 0.3) is 10.8 Å². The summed E-state index contributed by atoms with van der Waals surface area (Å²) in [6.07, 6.45) is 2.50. The molecule has 0 fully saturated rings. The average molecular weight is 269 g/mol. The molecule has 2 nitrogen and oxygen atoms in total. The van der Waals surface area contributed by atoms with Gasteiger partial charge in [-0.15, -0.1) is 0 Å². The molecule has 15 heavy (non-hydrogen) atoms. The molecule has 0 atom stereocenters. The molecule has 2 rings (SSSR count). The number of nitriles is 1. The van der Waals surface area contributed by atoms with E-state index in [1.165, 1.54) is 12.4 Å². The average Bonchev–Trinajstić information content (AvgIpc) is 2.25. The molecule has 74 valence electrons. The molecule has 0 aliphatic heterocycles. The number of hydrogen-bond donors (Lipinski definition) is 0. The highest BCUT2D eigenvalue weighted by Gasteiger charge is 2.13. The summed E-state index contributed by atoms with van der Waals surface area (Å²) in [5.74, 6) is -1.95. The molecular weight excluding hydrogens is 266 g/mol. The molecule has 0 saturated carbocycles. The minimum atomic E-state index is -0.988. The van der Waals surface area contributed by atoms with Crippen LogP contribution in [0.3, 0.4) is 0 Å². The van der Waals surface area contributed by atoms with Gasteiger partial charge in [-0.25, -0.2) is 8.78 Å². The van der Waals surface area contributed by atoms with E-state index in [0.717, 1.165) is 6.07 Å². The van der Waals surface area contributed by atoms with Crippen LogP contribution in [-0.4, -0.2) is 4.98 Å². The third-order valence-electron chi connectivity index (χ3n) is 2.00. The van der Waals surface area contributed by atoms with E-state index in [1.54, 1.807) is 0 Å². The van der Waals surface area contributed by atoms with E-state index >= 15 is 0 Å². The number of hydrogen-bond acceptors (Lipinski definition) is 2. The molecule has 1 heterocycles. The fraction of sp³-hybridized carbons (Fsp3) is 0. The van der Waals surface area contributed by atoms with Crippen LogP contribution in [0, 0.1) is 23.0 Å². The van der Waals surface area contributed by atoms with Crippen molar-refractivity contribution >= 4 is 26.7 Å². The third-order valence-corrected chi connectivity index (χ3v) is 2.63. The Morgan fingerprint density at radius 1 is 1.33 bits per heavy atom. The van der Waals surface area contributed by atoms with Crippen LogP contribution >= 0.6 is 15.9 Å². The lowest BCUT2D eigenvalue weighted by molar-refractivity contribution is 0.516. The maximum Gasteiger partial charge on any atom is 0.168 e. The van der Waals surface area contributed by atoms with Crippen molar-refractivity contribution in [3.63, 3.8) is 0 Å². The van der Waals surface area contributed by atoms with Gasteiger partial charge in [-0.3, -0.25) is 4.98 Å². The Labute approximate surface area is 92.3 Å². The molecule has 0 aliphatic carbocycles. The van der Waals surface area contributed by atoms with E-state index in [-0.39, 0.29) is 10.9 Å². The normalized spacial score (nSPS) is 10.3. The number of aromatic nitrogens is 1. The first-order chi connectivity index (χ1) is 7.15. The monoisotopic (exact) mass is 268 g/mol. The Bertz CT molecular complexity index is 590. The Morgan fingerprint density at radius 2 is 2.07 bits per heavy atom. The summed E-state index contributed by atoms with van der Waals surface area (Å²) in [7, 11) is 0. The molecule has 5 heteroatoms. The van der Waals surface area contributed by atoms with Gasteiger partial charge in [0.05, 0.1) is 5.56 Å². The topological polar surface area (TPSA) is 36.7 Å². The quantitative estimate of drug-likeness (QED) is 0.689.